The third kappa shape index (κ3) is 5.46. The molecule has 1 aliphatic carbocycles. The van der Waals surface area contributed by atoms with E-state index in [9.17, 15) is 4.39 Å². The second kappa shape index (κ2) is 10.9. The molecule has 0 bridgehead atoms. The summed E-state index contributed by atoms with van der Waals surface area (Å²) in [5.74, 6) is 0.405. The van der Waals surface area contributed by atoms with Gasteiger partial charge in [0.15, 0.2) is 0 Å². The minimum Gasteiger partial charge on any atom is -0.398 e. The van der Waals surface area contributed by atoms with Crippen molar-refractivity contribution in [2.24, 2.45) is 5.92 Å². The van der Waals surface area contributed by atoms with Crippen molar-refractivity contribution in [2.75, 3.05) is 23.7 Å². The number of hydrogen-bond donors (Lipinski definition) is 2. The number of aryl methyl sites for hydroxylation is 2. The number of halogens is 1. The molecular formula is C28H40FN3. The van der Waals surface area contributed by atoms with E-state index in [0.717, 1.165) is 74.8 Å². The molecule has 32 heavy (non-hydrogen) atoms. The summed E-state index contributed by atoms with van der Waals surface area (Å²) in [5.41, 5.74) is 11.1. The zero-order valence-corrected chi connectivity index (χ0v) is 20.1. The maximum absolute atomic E-state index is 14.8. The van der Waals surface area contributed by atoms with Crippen LogP contribution in [0.3, 0.4) is 0 Å². The third-order valence-electron chi connectivity index (χ3n) is 6.94. The molecule has 4 heteroatoms. The topological polar surface area (TPSA) is 41.3 Å². The monoisotopic (exact) mass is 437 g/mol. The Morgan fingerprint density at radius 1 is 1.19 bits per heavy atom. The zero-order valence-electron chi connectivity index (χ0n) is 20.1. The number of hydrogen-bond acceptors (Lipinski definition) is 3. The molecule has 0 radical (unpaired) electrons. The molecule has 2 aromatic rings. The Labute approximate surface area is 193 Å². The molecule has 0 aliphatic heterocycles. The van der Waals surface area contributed by atoms with Gasteiger partial charge in [0.2, 0.25) is 0 Å². The molecule has 0 spiro atoms. The first-order chi connectivity index (χ1) is 15.4. The molecular weight excluding hydrogens is 397 g/mol. The molecule has 2 unspecified atom stereocenters. The molecule has 0 amide bonds. The predicted molar refractivity (Wildman–Crippen MR) is 135 cm³/mol. The molecule has 1 aliphatic rings. The molecule has 2 aromatic carbocycles. The van der Waals surface area contributed by atoms with Crippen molar-refractivity contribution in [3.05, 3.63) is 71.7 Å². The van der Waals surface area contributed by atoms with E-state index in [1.807, 2.05) is 19.1 Å². The Morgan fingerprint density at radius 2 is 1.94 bits per heavy atom. The molecule has 174 valence electrons. The first-order valence-electron chi connectivity index (χ1n) is 12.2. The molecule has 3 nitrogen and oxygen atoms in total. The van der Waals surface area contributed by atoms with Crippen molar-refractivity contribution < 1.29 is 4.39 Å². The maximum atomic E-state index is 14.8. The number of nitrogen functional groups attached to an aromatic ring is 1. The van der Waals surface area contributed by atoms with Crippen LogP contribution in [-0.4, -0.2) is 13.1 Å². The Hall–Kier alpha value is -2.49. The first-order valence-corrected chi connectivity index (χ1v) is 12.2. The number of nitrogens with two attached hydrogens (primary N) is 1. The van der Waals surface area contributed by atoms with Gasteiger partial charge in [0.05, 0.1) is 5.54 Å². The van der Waals surface area contributed by atoms with Gasteiger partial charge >= 0.3 is 0 Å². The summed E-state index contributed by atoms with van der Waals surface area (Å²) in [6.45, 7) is 12.3. The average molecular weight is 438 g/mol. The molecule has 0 aromatic heterocycles. The van der Waals surface area contributed by atoms with Crippen molar-refractivity contribution >= 4 is 11.4 Å². The summed E-state index contributed by atoms with van der Waals surface area (Å²) >= 11 is 0. The van der Waals surface area contributed by atoms with Crippen molar-refractivity contribution in [1.29, 1.82) is 0 Å². The fourth-order valence-corrected chi connectivity index (χ4v) is 5.33. The highest BCUT2D eigenvalue weighted by molar-refractivity contribution is 5.60. The van der Waals surface area contributed by atoms with Crippen LogP contribution in [0.25, 0.3) is 0 Å². The van der Waals surface area contributed by atoms with Crippen LogP contribution < -0.4 is 16.0 Å². The highest BCUT2D eigenvalue weighted by Gasteiger charge is 2.41. The van der Waals surface area contributed by atoms with E-state index < -0.39 is 0 Å². The van der Waals surface area contributed by atoms with E-state index in [0.29, 0.717) is 5.92 Å². The third-order valence-corrected chi connectivity index (χ3v) is 6.94. The summed E-state index contributed by atoms with van der Waals surface area (Å²) in [7, 11) is 0. The summed E-state index contributed by atoms with van der Waals surface area (Å²) in [6, 6.07) is 12.1. The number of benzene rings is 2. The smallest absolute Gasteiger partial charge is 0.129 e. The van der Waals surface area contributed by atoms with Gasteiger partial charge in [-0.2, -0.15) is 0 Å². The summed E-state index contributed by atoms with van der Waals surface area (Å²) < 4.78 is 14.8. The second-order valence-electron chi connectivity index (χ2n) is 9.43. The maximum Gasteiger partial charge on any atom is 0.129 e. The normalized spacial score (nSPS) is 20.3. The second-order valence-corrected chi connectivity index (χ2v) is 9.43. The molecule has 0 heterocycles. The van der Waals surface area contributed by atoms with Crippen LogP contribution in [0, 0.1) is 18.7 Å². The number of nitrogens with one attached hydrogen (secondary N) is 1. The largest absolute Gasteiger partial charge is 0.398 e. The Kier molecular flexibility index (Phi) is 8.22. The fourth-order valence-electron chi connectivity index (χ4n) is 5.33. The van der Waals surface area contributed by atoms with E-state index in [1.54, 1.807) is 12.3 Å². The summed E-state index contributed by atoms with van der Waals surface area (Å²) in [6.07, 6.45) is 8.91. The molecule has 0 saturated heterocycles. The van der Waals surface area contributed by atoms with Gasteiger partial charge in [0.25, 0.3) is 0 Å². The van der Waals surface area contributed by atoms with E-state index >= 15 is 0 Å². The van der Waals surface area contributed by atoms with Crippen LogP contribution in [0.1, 0.15) is 69.1 Å². The summed E-state index contributed by atoms with van der Waals surface area (Å²) in [4.78, 5) is 2.42. The molecule has 1 fully saturated rings. The minimum absolute atomic E-state index is 0.122. The number of anilines is 2. The van der Waals surface area contributed by atoms with Crippen LogP contribution in [0.4, 0.5) is 15.8 Å². The standard InChI is InChI=1S/C28H40FN3/c1-5-16-32(17-6-2)24-12-11-23(27(30)19-24)10-9-22-14-15-28(20-22,31-7-3)25-13-8-21(4)18-26(25)29/h7-8,11-13,18-19,22,31H,3,5-6,9-10,14-17,20,30H2,1-2,4H3. The first kappa shape index (κ1) is 24.2. The SMILES string of the molecule is C=CNC1(c2ccc(C)cc2F)CCC(CCc2ccc(N(CCC)CCC)cc2N)C1. The van der Waals surface area contributed by atoms with Gasteiger partial charge in [-0.1, -0.05) is 38.6 Å². The van der Waals surface area contributed by atoms with E-state index in [2.05, 4.69) is 48.8 Å². The van der Waals surface area contributed by atoms with Crippen LogP contribution in [0.15, 0.2) is 49.2 Å². The summed E-state index contributed by atoms with van der Waals surface area (Å²) in [5, 5.41) is 3.41. The van der Waals surface area contributed by atoms with E-state index in [-0.39, 0.29) is 11.4 Å². The van der Waals surface area contributed by atoms with Crippen LogP contribution in [0.5, 0.6) is 0 Å². The fraction of sp³-hybridized carbons (Fsp3) is 0.500. The van der Waals surface area contributed by atoms with Gasteiger partial charge in [-0.05, 0) is 93.3 Å². The highest BCUT2D eigenvalue weighted by Crippen LogP contribution is 2.45. The van der Waals surface area contributed by atoms with E-state index in [4.69, 9.17) is 5.73 Å². The number of rotatable bonds is 11. The molecule has 2 atom stereocenters. The van der Waals surface area contributed by atoms with Crippen molar-refractivity contribution in [3.63, 3.8) is 0 Å². The van der Waals surface area contributed by atoms with Gasteiger partial charge in [-0.25, -0.2) is 4.39 Å². The Bertz CT molecular complexity index is 904. The lowest BCUT2D eigenvalue weighted by Gasteiger charge is -2.31. The molecule has 3 rings (SSSR count). The van der Waals surface area contributed by atoms with Gasteiger partial charge in [-0.3, -0.25) is 0 Å². The molecule has 3 N–H and O–H groups in total. The predicted octanol–water partition coefficient (Wildman–Crippen LogP) is 6.70. The Morgan fingerprint density at radius 3 is 2.56 bits per heavy atom. The van der Waals surface area contributed by atoms with Crippen molar-refractivity contribution in [3.8, 4) is 0 Å². The lowest BCUT2D eigenvalue weighted by molar-refractivity contribution is 0.349. The van der Waals surface area contributed by atoms with Crippen molar-refractivity contribution in [2.45, 2.75) is 71.3 Å². The highest BCUT2D eigenvalue weighted by atomic mass is 19.1. The van der Waals surface area contributed by atoms with Gasteiger partial charge in [-0.15, -0.1) is 0 Å². The lowest BCUT2D eigenvalue weighted by atomic mass is 9.85. The van der Waals surface area contributed by atoms with Crippen LogP contribution >= 0.6 is 0 Å². The van der Waals surface area contributed by atoms with Crippen LogP contribution in [-0.2, 0) is 12.0 Å². The zero-order chi connectivity index (χ0) is 23.1. The number of nitrogens with zero attached hydrogens (tertiary/aromatic N) is 1. The average Bonchev–Trinajstić information content (AvgIpc) is 3.16. The van der Waals surface area contributed by atoms with Gasteiger partial charge in [0, 0.05) is 30.0 Å². The minimum atomic E-state index is -0.361. The van der Waals surface area contributed by atoms with Crippen LogP contribution in [0.2, 0.25) is 0 Å². The van der Waals surface area contributed by atoms with E-state index in [1.165, 1.54) is 11.3 Å². The quantitative estimate of drug-likeness (QED) is 0.384. The lowest BCUT2D eigenvalue weighted by Crippen LogP contribution is -2.37. The molecule has 1 saturated carbocycles. The van der Waals surface area contributed by atoms with Gasteiger partial charge < -0.3 is 16.0 Å². The Balaban J connectivity index is 1.68. The van der Waals surface area contributed by atoms with Crippen molar-refractivity contribution in [1.82, 2.24) is 5.32 Å². The van der Waals surface area contributed by atoms with Gasteiger partial charge in [0.1, 0.15) is 5.82 Å².